The van der Waals surface area contributed by atoms with Crippen molar-refractivity contribution >= 4 is 11.6 Å². The molecule has 0 fully saturated rings. The highest BCUT2D eigenvalue weighted by Gasteiger charge is 2.16. The molecule has 1 amide bonds. The standard InChI is InChI=1S/C18H20N4O2/c1-11-4-5-14(8-12(11)2)16-6-7-19-17-15(10-21-22(16)17)18(24)20-9-13(3)23/h4-8,10,13,23H,9H2,1-3H3,(H,20,24). The van der Waals surface area contributed by atoms with Crippen LogP contribution in [0.25, 0.3) is 16.9 Å². The van der Waals surface area contributed by atoms with E-state index < -0.39 is 6.10 Å². The van der Waals surface area contributed by atoms with Crippen LogP contribution in [-0.2, 0) is 0 Å². The molecule has 2 N–H and O–H groups in total. The zero-order chi connectivity index (χ0) is 17.3. The van der Waals surface area contributed by atoms with Crippen molar-refractivity contribution in [1.29, 1.82) is 0 Å². The zero-order valence-corrected chi connectivity index (χ0v) is 13.9. The van der Waals surface area contributed by atoms with E-state index in [1.165, 1.54) is 17.3 Å². The molecule has 0 saturated heterocycles. The van der Waals surface area contributed by atoms with E-state index in [0.29, 0.717) is 11.2 Å². The van der Waals surface area contributed by atoms with E-state index in [1.54, 1.807) is 17.6 Å². The topological polar surface area (TPSA) is 79.5 Å². The van der Waals surface area contributed by atoms with Gasteiger partial charge < -0.3 is 10.4 Å². The van der Waals surface area contributed by atoms with Crippen LogP contribution in [0.5, 0.6) is 0 Å². The van der Waals surface area contributed by atoms with E-state index in [2.05, 4.69) is 41.4 Å². The maximum Gasteiger partial charge on any atom is 0.256 e. The minimum atomic E-state index is -0.602. The lowest BCUT2D eigenvalue weighted by atomic mass is 10.0. The number of nitrogens with zero attached hydrogens (tertiary/aromatic N) is 3. The summed E-state index contributed by atoms with van der Waals surface area (Å²) in [4.78, 5) is 16.5. The summed E-state index contributed by atoms with van der Waals surface area (Å²) in [5.74, 6) is -0.296. The van der Waals surface area contributed by atoms with Crippen LogP contribution >= 0.6 is 0 Å². The third-order valence-electron chi connectivity index (χ3n) is 4.01. The van der Waals surface area contributed by atoms with Gasteiger partial charge in [-0.2, -0.15) is 5.10 Å². The van der Waals surface area contributed by atoms with Gasteiger partial charge in [-0.1, -0.05) is 12.1 Å². The van der Waals surface area contributed by atoms with Crippen LogP contribution < -0.4 is 5.32 Å². The normalized spacial score (nSPS) is 12.3. The molecule has 0 radical (unpaired) electrons. The monoisotopic (exact) mass is 324 g/mol. The number of hydrogen-bond donors (Lipinski definition) is 2. The summed E-state index contributed by atoms with van der Waals surface area (Å²) in [6.07, 6.45) is 2.58. The average Bonchev–Trinajstić information content (AvgIpc) is 2.99. The Hall–Kier alpha value is -2.73. The number of benzene rings is 1. The molecule has 0 aliphatic heterocycles. The Morgan fingerprint density at radius 2 is 2.08 bits per heavy atom. The first-order valence-electron chi connectivity index (χ1n) is 7.84. The molecular weight excluding hydrogens is 304 g/mol. The average molecular weight is 324 g/mol. The first kappa shape index (κ1) is 16.1. The Bertz CT molecular complexity index is 899. The summed E-state index contributed by atoms with van der Waals surface area (Å²) >= 11 is 0. The summed E-state index contributed by atoms with van der Waals surface area (Å²) in [6.45, 7) is 5.94. The van der Waals surface area contributed by atoms with E-state index in [4.69, 9.17) is 0 Å². The van der Waals surface area contributed by atoms with Crippen LogP contribution in [0.4, 0.5) is 0 Å². The molecule has 3 rings (SSSR count). The largest absolute Gasteiger partial charge is 0.392 e. The summed E-state index contributed by atoms with van der Waals surface area (Å²) in [6, 6.07) is 8.07. The third-order valence-corrected chi connectivity index (χ3v) is 4.01. The highest BCUT2D eigenvalue weighted by molar-refractivity contribution is 5.99. The van der Waals surface area contributed by atoms with Crippen LogP contribution in [0.2, 0.25) is 0 Å². The van der Waals surface area contributed by atoms with Gasteiger partial charge in [0.2, 0.25) is 0 Å². The van der Waals surface area contributed by atoms with Gasteiger partial charge in [-0.25, -0.2) is 9.50 Å². The molecule has 24 heavy (non-hydrogen) atoms. The van der Waals surface area contributed by atoms with Gasteiger partial charge in [0.05, 0.1) is 18.0 Å². The number of aliphatic hydroxyl groups is 1. The van der Waals surface area contributed by atoms with Gasteiger partial charge in [0.25, 0.3) is 5.91 Å². The Balaban J connectivity index is 2.03. The molecule has 6 heteroatoms. The van der Waals surface area contributed by atoms with Gasteiger partial charge in [0.15, 0.2) is 5.65 Å². The predicted molar refractivity (Wildman–Crippen MR) is 91.9 cm³/mol. The van der Waals surface area contributed by atoms with E-state index in [9.17, 15) is 9.90 Å². The number of rotatable bonds is 4. The van der Waals surface area contributed by atoms with Gasteiger partial charge in [-0.05, 0) is 44.0 Å². The SMILES string of the molecule is Cc1ccc(-c2ccnc3c(C(=O)NCC(C)O)cnn23)cc1C. The van der Waals surface area contributed by atoms with Crippen LogP contribution in [0, 0.1) is 13.8 Å². The molecule has 3 aromatic rings. The fraction of sp³-hybridized carbons (Fsp3) is 0.278. The predicted octanol–water partition coefficient (Wildman–Crippen LogP) is 2.12. The van der Waals surface area contributed by atoms with Crippen LogP contribution in [0.1, 0.15) is 28.4 Å². The number of fused-ring (bicyclic) bond motifs is 1. The van der Waals surface area contributed by atoms with Gasteiger partial charge in [0.1, 0.15) is 5.56 Å². The van der Waals surface area contributed by atoms with E-state index in [-0.39, 0.29) is 12.5 Å². The molecule has 0 spiro atoms. The molecule has 0 bridgehead atoms. The second kappa shape index (κ2) is 6.41. The van der Waals surface area contributed by atoms with Gasteiger partial charge in [-0.3, -0.25) is 4.79 Å². The van der Waals surface area contributed by atoms with E-state index >= 15 is 0 Å². The lowest BCUT2D eigenvalue weighted by Crippen LogP contribution is -2.30. The number of aryl methyl sites for hydroxylation is 2. The number of hydrogen-bond acceptors (Lipinski definition) is 4. The molecule has 0 saturated carbocycles. The zero-order valence-electron chi connectivity index (χ0n) is 13.9. The van der Waals surface area contributed by atoms with Crippen LogP contribution in [0.3, 0.4) is 0 Å². The van der Waals surface area contributed by atoms with Gasteiger partial charge >= 0.3 is 0 Å². The van der Waals surface area contributed by atoms with Crippen molar-refractivity contribution in [2.24, 2.45) is 0 Å². The van der Waals surface area contributed by atoms with Crippen molar-refractivity contribution in [3.8, 4) is 11.3 Å². The number of nitrogens with one attached hydrogen (secondary N) is 1. The second-order valence-electron chi connectivity index (χ2n) is 5.98. The maximum absolute atomic E-state index is 12.3. The molecule has 124 valence electrons. The quantitative estimate of drug-likeness (QED) is 0.770. The fourth-order valence-electron chi connectivity index (χ4n) is 2.51. The van der Waals surface area contributed by atoms with E-state index in [0.717, 1.165) is 11.3 Å². The van der Waals surface area contributed by atoms with Crippen LogP contribution in [-0.4, -0.2) is 38.3 Å². The number of carbonyl (C=O) groups is 1. The van der Waals surface area contributed by atoms with Crippen molar-refractivity contribution in [2.75, 3.05) is 6.54 Å². The second-order valence-corrected chi connectivity index (χ2v) is 5.98. The molecule has 0 aliphatic rings. The molecule has 2 heterocycles. The first-order valence-corrected chi connectivity index (χ1v) is 7.84. The fourth-order valence-corrected chi connectivity index (χ4v) is 2.51. The third kappa shape index (κ3) is 3.00. The van der Waals surface area contributed by atoms with Crippen molar-refractivity contribution in [3.05, 3.63) is 53.3 Å². The Morgan fingerprint density at radius 1 is 1.29 bits per heavy atom. The smallest absolute Gasteiger partial charge is 0.256 e. The van der Waals surface area contributed by atoms with Crippen molar-refractivity contribution in [1.82, 2.24) is 19.9 Å². The molecule has 1 atom stereocenters. The van der Waals surface area contributed by atoms with Crippen LogP contribution in [0.15, 0.2) is 36.7 Å². The van der Waals surface area contributed by atoms with Crippen molar-refractivity contribution < 1.29 is 9.90 Å². The number of aliphatic hydroxyl groups excluding tert-OH is 1. The first-order chi connectivity index (χ1) is 11.5. The maximum atomic E-state index is 12.3. The number of amides is 1. The molecule has 2 aromatic heterocycles. The molecular formula is C18H20N4O2. The molecule has 1 aromatic carbocycles. The minimum absolute atomic E-state index is 0.188. The number of aromatic nitrogens is 3. The lowest BCUT2D eigenvalue weighted by molar-refractivity contribution is 0.0925. The highest BCUT2D eigenvalue weighted by atomic mass is 16.3. The molecule has 6 nitrogen and oxygen atoms in total. The van der Waals surface area contributed by atoms with E-state index in [1.807, 2.05) is 12.1 Å². The minimum Gasteiger partial charge on any atom is -0.392 e. The Labute approximate surface area is 140 Å². The van der Waals surface area contributed by atoms with Crippen molar-refractivity contribution in [3.63, 3.8) is 0 Å². The lowest BCUT2D eigenvalue weighted by Gasteiger charge is -2.08. The van der Waals surface area contributed by atoms with Gasteiger partial charge in [-0.15, -0.1) is 0 Å². The summed E-state index contributed by atoms with van der Waals surface area (Å²) in [5, 5.41) is 16.3. The molecule has 1 unspecified atom stereocenters. The Morgan fingerprint density at radius 3 is 2.79 bits per heavy atom. The highest BCUT2D eigenvalue weighted by Crippen LogP contribution is 2.23. The van der Waals surface area contributed by atoms with Crippen molar-refractivity contribution in [2.45, 2.75) is 26.9 Å². The van der Waals surface area contributed by atoms with Gasteiger partial charge in [0, 0.05) is 18.3 Å². The molecule has 0 aliphatic carbocycles. The summed E-state index contributed by atoms with van der Waals surface area (Å²) < 4.78 is 1.67. The number of carbonyl (C=O) groups excluding carboxylic acids is 1. The summed E-state index contributed by atoms with van der Waals surface area (Å²) in [7, 11) is 0. The Kier molecular flexibility index (Phi) is 4.31. The summed E-state index contributed by atoms with van der Waals surface area (Å²) in [5.41, 5.74) is 5.19.